The minimum Gasteiger partial charge on any atom is -0.393 e. The van der Waals surface area contributed by atoms with Gasteiger partial charge in [-0.15, -0.1) is 0 Å². The molecule has 14 atom stereocenters. The van der Waals surface area contributed by atoms with Crippen molar-refractivity contribution in [1.29, 1.82) is 0 Å². The van der Waals surface area contributed by atoms with E-state index in [2.05, 4.69) is 20.8 Å². The van der Waals surface area contributed by atoms with E-state index in [9.17, 15) is 20.4 Å². The van der Waals surface area contributed by atoms with Crippen LogP contribution in [0.3, 0.4) is 0 Å². The molecule has 1 spiro atoms. The molecule has 0 aromatic carbocycles. The monoisotopic (exact) mass is 464 g/mol. The Labute approximate surface area is 198 Å². The Bertz CT molecular complexity index is 795. The van der Waals surface area contributed by atoms with Crippen LogP contribution in [0.4, 0.5) is 0 Å². The summed E-state index contributed by atoms with van der Waals surface area (Å²) in [6.07, 6.45) is 3.76. The highest BCUT2D eigenvalue weighted by Crippen LogP contribution is 2.71. The van der Waals surface area contributed by atoms with Gasteiger partial charge in [-0.25, -0.2) is 0 Å². The van der Waals surface area contributed by atoms with Crippen LogP contribution in [0.25, 0.3) is 0 Å². The topological polar surface area (TPSA) is 99.4 Å². The van der Waals surface area contributed by atoms with Crippen molar-refractivity contribution in [3.05, 3.63) is 0 Å². The molecule has 6 rings (SSSR count). The van der Waals surface area contributed by atoms with Crippen molar-refractivity contribution < 1.29 is 29.9 Å². The van der Waals surface area contributed by atoms with Gasteiger partial charge in [-0.1, -0.05) is 27.7 Å². The summed E-state index contributed by atoms with van der Waals surface area (Å²) in [6.45, 7) is 9.79. The van der Waals surface area contributed by atoms with Crippen LogP contribution in [-0.2, 0) is 9.47 Å². The number of fused-ring (bicyclic) bond motifs is 7. The Balaban J connectivity index is 1.31. The molecular formula is C27H44O6. The number of ether oxygens (including phenoxy) is 2. The summed E-state index contributed by atoms with van der Waals surface area (Å²) >= 11 is 0. The first-order valence-corrected chi connectivity index (χ1v) is 13.5. The van der Waals surface area contributed by atoms with E-state index in [0.29, 0.717) is 30.1 Å². The molecule has 6 nitrogen and oxygen atoms in total. The maximum Gasteiger partial charge on any atom is 0.171 e. The number of aliphatic hydroxyl groups excluding tert-OH is 3. The molecule has 4 aliphatic carbocycles. The second kappa shape index (κ2) is 7.17. The standard InChI is InChI=1S/C27H44O6/c1-14-5-8-27(32-13-14)15(2)23-20(33-27)11-19-17-10-22(30)26(31)12-16(28)9-21(29)25(26,4)18(17)6-7-24(19,23)3/h14-23,28-31H,5-13H2,1-4H3/t14-,15-,16-,17+,18-,19-,20-,21+,22+,23-,24-,25-,26+,27+/m0/s1. The lowest BCUT2D eigenvalue weighted by molar-refractivity contribution is -0.298. The van der Waals surface area contributed by atoms with Crippen molar-refractivity contribution in [2.45, 2.75) is 115 Å². The first-order chi connectivity index (χ1) is 15.5. The number of hydrogen-bond donors (Lipinski definition) is 4. The van der Waals surface area contributed by atoms with E-state index in [4.69, 9.17) is 9.47 Å². The van der Waals surface area contributed by atoms with Gasteiger partial charge in [0.2, 0.25) is 0 Å². The van der Waals surface area contributed by atoms with Gasteiger partial charge in [-0.05, 0) is 73.5 Å². The number of rotatable bonds is 0. The average Bonchev–Trinajstić information content (AvgIpc) is 3.19. The molecule has 33 heavy (non-hydrogen) atoms. The Hall–Kier alpha value is -0.240. The van der Waals surface area contributed by atoms with Crippen molar-refractivity contribution >= 4 is 0 Å². The zero-order valence-corrected chi connectivity index (χ0v) is 20.7. The molecule has 2 heterocycles. The lowest BCUT2D eigenvalue weighted by Gasteiger charge is -2.66. The van der Waals surface area contributed by atoms with Crippen LogP contribution in [0.15, 0.2) is 0 Å². The summed E-state index contributed by atoms with van der Waals surface area (Å²) in [6, 6.07) is 0. The second-order valence-corrected chi connectivity index (χ2v) is 13.5. The van der Waals surface area contributed by atoms with Gasteiger partial charge in [-0.2, -0.15) is 0 Å². The largest absolute Gasteiger partial charge is 0.393 e. The van der Waals surface area contributed by atoms with Crippen LogP contribution >= 0.6 is 0 Å². The Morgan fingerprint density at radius 3 is 2.33 bits per heavy atom. The highest BCUT2D eigenvalue weighted by atomic mass is 16.7. The van der Waals surface area contributed by atoms with Crippen LogP contribution < -0.4 is 0 Å². The van der Waals surface area contributed by atoms with Gasteiger partial charge in [0.25, 0.3) is 0 Å². The van der Waals surface area contributed by atoms with Crippen molar-refractivity contribution in [3.63, 3.8) is 0 Å². The van der Waals surface area contributed by atoms with Crippen LogP contribution in [0, 0.1) is 46.3 Å². The second-order valence-electron chi connectivity index (χ2n) is 13.5. The minimum atomic E-state index is -1.44. The van der Waals surface area contributed by atoms with E-state index in [1.807, 2.05) is 6.92 Å². The fourth-order valence-electron chi connectivity index (χ4n) is 10.3. The van der Waals surface area contributed by atoms with Crippen LogP contribution in [0.1, 0.15) is 79.1 Å². The molecule has 0 aromatic heterocycles. The Kier molecular flexibility index (Phi) is 5.03. The molecule has 6 fully saturated rings. The quantitative estimate of drug-likeness (QED) is 0.440. The van der Waals surface area contributed by atoms with Gasteiger partial charge < -0.3 is 29.9 Å². The molecule has 6 heteroatoms. The van der Waals surface area contributed by atoms with E-state index in [0.717, 1.165) is 38.7 Å². The van der Waals surface area contributed by atoms with Crippen molar-refractivity contribution in [2.24, 2.45) is 46.3 Å². The van der Waals surface area contributed by atoms with E-state index in [1.54, 1.807) is 0 Å². The molecule has 0 aromatic rings. The van der Waals surface area contributed by atoms with Crippen molar-refractivity contribution in [1.82, 2.24) is 0 Å². The van der Waals surface area contributed by atoms with Gasteiger partial charge in [0.1, 0.15) is 5.60 Å². The first-order valence-electron chi connectivity index (χ1n) is 13.5. The molecule has 0 radical (unpaired) electrons. The lowest BCUT2D eigenvalue weighted by atomic mass is 9.41. The molecule has 0 unspecified atom stereocenters. The molecule has 6 aliphatic rings. The normalized spacial score (nSPS) is 64.7. The van der Waals surface area contributed by atoms with Gasteiger partial charge in [0.05, 0.1) is 31.0 Å². The molecule has 2 aliphatic heterocycles. The Morgan fingerprint density at radius 1 is 0.879 bits per heavy atom. The number of hydrogen-bond acceptors (Lipinski definition) is 6. The van der Waals surface area contributed by atoms with Crippen LogP contribution in [0.5, 0.6) is 0 Å². The Morgan fingerprint density at radius 2 is 1.64 bits per heavy atom. The number of aliphatic hydroxyl groups is 4. The molecular weight excluding hydrogens is 420 g/mol. The van der Waals surface area contributed by atoms with Crippen molar-refractivity contribution in [3.8, 4) is 0 Å². The predicted octanol–water partition coefficient (Wildman–Crippen LogP) is 2.85. The van der Waals surface area contributed by atoms with Crippen LogP contribution in [0.2, 0.25) is 0 Å². The van der Waals surface area contributed by atoms with E-state index in [1.165, 1.54) is 0 Å². The van der Waals surface area contributed by atoms with Gasteiger partial charge in [0.15, 0.2) is 5.79 Å². The summed E-state index contributed by atoms with van der Waals surface area (Å²) in [7, 11) is 0. The third kappa shape index (κ3) is 2.77. The maximum absolute atomic E-state index is 11.7. The highest BCUT2D eigenvalue weighted by molar-refractivity contribution is 5.21. The summed E-state index contributed by atoms with van der Waals surface area (Å²) < 4.78 is 13.2. The minimum absolute atomic E-state index is 0.117. The predicted molar refractivity (Wildman–Crippen MR) is 122 cm³/mol. The van der Waals surface area contributed by atoms with E-state index >= 15 is 0 Å². The zero-order valence-electron chi connectivity index (χ0n) is 20.7. The average molecular weight is 465 g/mol. The third-order valence-corrected chi connectivity index (χ3v) is 12.2. The summed E-state index contributed by atoms with van der Waals surface area (Å²) in [4.78, 5) is 0. The highest BCUT2D eigenvalue weighted by Gasteiger charge is 2.73. The summed E-state index contributed by atoms with van der Waals surface area (Å²) in [5.74, 6) is 1.75. The molecule has 2 saturated heterocycles. The zero-order chi connectivity index (χ0) is 23.6. The first kappa shape index (κ1) is 23.2. The van der Waals surface area contributed by atoms with Crippen LogP contribution in [-0.4, -0.2) is 62.8 Å². The molecule has 4 N–H and O–H groups in total. The van der Waals surface area contributed by atoms with Gasteiger partial charge >= 0.3 is 0 Å². The lowest BCUT2D eigenvalue weighted by Crippen LogP contribution is -2.72. The molecule has 4 saturated carbocycles. The summed E-state index contributed by atoms with van der Waals surface area (Å²) in [5.41, 5.74) is -2.12. The molecule has 0 bridgehead atoms. The molecule has 0 amide bonds. The molecule has 188 valence electrons. The SMILES string of the molecule is C[C@H]1CC[C@@]2(OC1)O[C@H]1C[C@H]3[C@@H]4C[C@@H](O)[C@]5(O)C[C@@H](O)C[C@@H](O)[C@]5(C)[C@H]4CC[C@]3(C)[C@H]1[C@@H]2C. The smallest absolute Gasteiger partial charge is 0.171 e. The maximum atomic E-state index is 11.7. The van der Waals surface area contributed by atoms with E-state index < -0.39 is 35.1 Å². The van der Waals surface area contributed by atoms with Gasteiger partial charge in [0, 0.05) is 24.2 Å². The van der Waals surface area contributed by atoms with E-state index in [-0.39, 0.29) is 36.2 Å². The van der Waals surface area contributed by atoms with Gasteiger partial charge in [-0.3, -0.25) is 0 Å². The third-order valence-electron chi connectivity index (χ3n) is 12.2. The summed E-state index contributed by atoms with van der Waals surface area (Å²) in [5, 5.41) is 44.4. The fraction of sp³-hybridized carbons (Fsp3) is 1.00. The van der Waals surface area contributed by atoms with Crippen molar-refractivity contribution in [2.75, 3.05) is 6.61 Å². The fourth-order valence-corrected chi connectivity index (χ4v) is 10.3.